The summed E-state index contributed by atoms with van der Waals surface area (Å²) >= 11 is 0. The van der Waals surface area contributed by atoms with Gasteiger partial charge in [-0.15, -0.1) is 0 Å². The zero-order valence-corrected chi connectivity index (χ0v) is 11.9. The van der Waals surface area contributed by atoms with Gasteiger partial charge in [-0.2, -0.15) is 0 Å². The molecular formula is C16H25NO. The van der Waals surface area contributed by atoms with Crippen molar-refractivity contribution in [2.45, 2.75) is 59.3 Å². The lowest BCUT2D eigenvalue weighted by molar-refractivity contribution is 0.0951. The lowest BCUT2D eigenvalue weighted by atomic mass is 9.92. The van der Waals surface area contributed by atoms with E-state index in [0.717, 1.165) is 24.8 Å². The predicted molar refractivity (Wildman–Crippen MR) is 75.9 cm³/mol. The maximum Gasteiger partial charge on any atom is 0.181 e. The van der Waals surface area contributed by atoms with Gasteiger partial charge in [0.2, 0.25) is 0 Å². The molecule has 1 rings (SSSR count). The van der Waals surface area contributed by atoms with E-state index in [0.29, 0.717) is 18.0 Å². The first kappa shape index (κ1) is 14.9. The van der Waals surface area contributed by atoms with Gasteiger partial charge in [-0.25, -0.2) is 0 Å². The van der Waals surface area contributed by atoms with Crippen molar-refractivity contribution in [2.75, 3.05) is 0 Å². The fraction of sp³-hybridized carbons (Fsp3) is 0.625. The maximum atomic E-state index is 12.3. The fourth-order valence-corrected chi connectivity index (χ4v) is 2.28. The first-order valence-electron chi connectivity index (χ1n) is 7.19. The highest BCUT2D eigenvalue weighted by atomic mass is 16.1. The van der Waals surface area contributed by atoms with Crippen LogP contribution >= 0.6 is 0 Å². The second kappa shape index (κ2) is 8.02. The first-order chi connectivity index (χ1) is 8.72. The van der Waals surface area contributed by atoms with Gasteiger partial charge in [-0.3, -0.25) is 9.78 Å². The number of carbonyl (C=O) groups is 1. The molecule has 1 atom stereocenters. The van der Waals surface area contributed by atoms with Gasteiger partial charge in [-0.1, -0.05) is 52.5 Å². The number of aromatic nitrogens is 1. The maximum absolute atomic E-state index is 12.3. The summed E-state index contributed by atoms with van der Waals surface area (Å²) in [7, 11) is 0. The molecule has 0 amide bonds. The lowest BCUT2D eigenvalue weighted by Crippen LogP contribution is -2.12. The van der Waals surface area contributed by atoms with Crippen molar-refractivity contribution in [2.24, 2.45) is 5.92 Å². The van der Waals surface area contributed by atoms with Gasteiger partial charge in [-0.05, 0) is 24.0 Å². The SMILES string of the molecule is CCCCC(CC)CC(=O)c1ncccc1CC. The van der Waals surface area contributed by atoms with Gasteiger partial charge < -0.3 is 0 Å². The van der Waals surface area contributed by atoms with Crippen LogP contribution in [0.4, 0.5) is 0 Å². The van der Waals surface area contributed by atoms with Crippen LogP contribution in [0, 0.1) is 5.92 Å². The van der Waals surface area contributed by atoms with Crippen LogP contribution in [0.25, 0.3) is 0 Å². The van der Waals surface area contributed by atoms with Crippen molar-refractivity contribution in [3.05, 3.63) is 29.6 Å². The molecule has 0 radical (unpaired) electrons. The molecule has 0 saturated heterocycles. The molecule has 0 aliphatic rings. The van der Waals surface area contributed by atoms with Gasteiger partial charge in [0, 0.05) is 12.6 Å². The molecule has 0 aromatic carbocycles. The minimum atomic E-state index is 0.218. The van der Waals surface area contributed by atoms with E-state index < -0.39 is 0 Å². The molecule has 100 valence electrons. The molecule has 2 heteroatoms. The Hall–Kier alpha value is -1.18. The number of unbranched alkanes of at least 4 members (excludes halogenated alkanes) is 1. The van der Waals surface area contributed by atoms with Crippen molar-refractivity contribution < 1.29 is 4.79 Å². The topological polar surface area (TPSA) is 30.0 Å². The Kier molecular flexibility index (Phi) is 6.63. The molecule has 2 nitrogen and oxygen atoms in total. The van der Waals surface area contributed by atoms with Crippen LogP contribution in [0.2, 0.25) is 0 Å². The molecule has 0 fully saturated rings. The monoisotopic (exact) mass is 247 g/mol. The van der Waals surface area contributed by atoms with Crippen LogP contribution < -0.4 is 0 Å². The fourth-order valence-electron chi connectivity index (χ4n) is 2.28. The summed E-state index contributed by atoms with van der Waals surface area (Å²) in [6, 6.07) is 3.91. The van der Waals surface area contributed by atoms with Gasteiger partial charge in [0.25, 0.3) is 0 Å². The minimum absolute atomic E-state index is 0.218. The van der Waals surface area contributed by atoms with Crippen LogP contribution in [0.15, 0.2) is 18.3 Å². The second-order valence-corrected chi connectivity index (χ2v) is 4.91. The molecule has 0 bridgehead atoms. The number of nitrogens with zero attached hydrogens (tertiary/aromatic N) is 1. The quantitative estimate of drug-likeness (QED) is 0.636. The van der Waals surface area contributed by atoms with E-state index in [1.165, 1.54) is 12.8 Å². The number of pyridine rings is 1. The highest BCUT2D eigenvalue weighted by Gasteiger charge is 2.16. The number of carbonyl (C=O) groups excluding carboxylic acids is 1. The summed E-state index contributed by atoms with van der Waals surface area (Å²) in [5.41, 5.74) is 1.77. The molecule has 1 unspecified atom stereocenters. The number of Topliss-reactive ketones (excluding diaryl/α,β-unsaturated/α-hetero) is 1. The lowest BCUT2D eigenvalue weighted by Gasteiger charge is -2.14. The molecular weight excluding hydrogens is 222 g/mol. The molecule has 1 aromatic heterocycles. The normalized spacial score (nSPS) is 12.4. The third kappa shape index (κ3) is 4.25. The number of aryl methyl sites for hydroxylation is 1. The Morgan fingerprint density at radius 3 is 2.72 bits per heavy atom. The summed E-state index contributed by atoms with van der Waals surface area (Å²) in [5, 5.41) is 0. The Bertz CT molecular complexity index is 373. The number of ketones is 1. The van der Waals surface area contributed by atoms with E-state index in [-0.39, 0.29) is 5.78 Å². The molecule has 0 spiro atoms. The summed E-state index contributed by atoms with van der Waals surface area (Å²) in [6.45, 7) is 6.44. The van der Waals surface area contributed by atoms with Gasteiger partial charge in [0.1, 0.15) is 5.69 Å². The average molecular weight is 247 g/mol. The zero-order chi connectivity index (χ0) is 13.4. The third-order valence-corrected chi connectivity index (χ3v) is 3.55. The van der Waals surface area contributed by atoms with E-state index in [9.17, 15) is 4.79 Å². The number of hydrogen-bond acceptors (Lipinski definition) is 2. The first-order valence-corrected chi connectivity index (χ1v) is 7.19. The van der Waals surface area contributed by atoms with Crippen molar-refractivity contribution in [3.8, 4) is 0 Å². The van der Waals surface area contributed by atoms with E-state index in [2.05, 4.69) is 25.8 Å². The third-order valence-electron chi connectivity index (χ3n) is 3.55. The molecule has 0 aliphatic heterocycles. The van der Waals surface area contributed by atoms with E-state index in [1.54, 1.807) is 6.20 Å². The van der Waals surface area contributed by atoms with Gasteiger partial charge in [0.15, 0.2) is 5.78 Å². The van der Waals surface area contributed by atoms with Crippen molar-refractivity contribution in [1.29, 1.82) is 0 Å². The molecule has 1 aromatic rings. The molecule has 18 heavy (non-hydrogen) atoms. The minimum Gasteiger partial charge on any atom is -0.292 e. The van der Waals surface area contributed by atoms with Crippen LogP contribution in [0.5, 0.6) is 0 Å². The van der Waals surface area contributed by atoms with Crippen LogP contribution in [-0.4, -0.2) is 10.8 Å². The smallest absolute Gasteiger partial charge is 0.181 e. The average Bonchev–Trinajstić information content (AvgIpc) is 2.43. The van der Waals surface area contributed by atoms with Crippen LogP contribution in [-0.2, 0) is 6.42 Å². The zero-order valence-electron chi connectivity index (χ0n) is 11.9. The Balaban J connectivity index is 2.68. The van der Waals surface area contributed by atoms with Crippen LogP contribution in [0.1, 0.15) is 68.9 Å². The van der Waals surface area contributed by atoms with E-state index in [1.807, 2.05) is 12.1 Å². The number of hydrogen-bond donors (Lipinski definition) is 0. The van der Waals surface area contributed by atoms with E-state index in [4.69, 9.17) is 0 Å². The summed E-state index contributed by atoms with van der Waals surface area (Å²) in [6.07, 6.45) is 7.91. The standard InChI is InChI=1S/C16H25NO/c1-4-7-9-13(5-2)12-15(18)16-14(6-3)10-8-11-17-16/h8,10-11,13H,4-7,9,12H2,1-3H3. The molecule has 1 heterocycles. The van der Waals surface area contributed by atoms with Gasteiger partial charge in [0.05, 0.1) is 0 Å². The van der Waals surface area contributed by atoms with E-state index >= 15 is 0 Å². The predicted octanol–water partition coefficient (Wildman–Crippen LogP) is 4.43. The summed E-state index contributed by atoms with van der Waals surface area (Å²) in [4.78, 5) is 16.6. The Labute approximate surface area is 111 Å². The van der Waals surface area contributed by atoms with Crippen LogP contribution in [0.3, 0.4) is 0 Å². The Morgan fingerprint density at radius 2 is 2.11 bits per heavy atom. The van der Waals surface area contributed by atoms with Crippen molar-refractivity contribution >= 4 is 5.78 Å². The largest absolute Gasteiger partial charge is 0.292 e. The Morgan fingerprint density at radius 1 is 1.33 bits per heavy atom. The van der Waals surface area contributed by atoms with Crippen molar-refractivity contribution in [3.63, 3.8) is 0 Å². The summed E-state index contributed by atoms with van der Waals surface area (Å²) in [5.74, 6) is 0.736. The van der Waals surface area contributed by atoms with Gasteiger partial charge >= 0.3 is 0 Å². The second-order valence-electron chi connectivity index (χ2n) is 4.91. The highest BCUT2D eigenvalue weighted by Crippen LogP contribution is 2.20. The summed E-state index contributed by atoms with van der Waals surface area (Å²) < 4.78 is 0. The molecule has 0 aliphatic carbocycles. The highest BCUT2D eigenvalue weighted by molar-refractivity contribution is 5.95. The number of rotatable bonds is 8. The van der Waals surface area contributed by atoms with Crippen molar-refractivity contribution in [1.82, 2.24) is 4.98 Å². The molecule has 0 saturated carbocycles. The molecule has 0 N–H and O–H groups in total.